The molecule has 0 radical (unpaired) electrons. The fourth-order valence-corrected chi connectivity index (χ4v) is 6.94. The lowest BCUT2D eigenvalue weighted by Crippen LogP contribution is -2.46. The topological polar surface area (TPSA) is 146 Å². The fraction of sp³-hybridized carbons (Fsp3) is 0.184. The van der Waals surface area contributed by atoms with Crippen LogP contribution in [0.2, 0.25) is 0 Å². The number of fused-ring (bicyclic) bond motifs is 2. The van der Waals surface area contributed by atoms with Crippen molar-refractivity contribution in [1.29, 1.82) is 0 Å². The summed E-state index contributed by atoms with van der Waals surface area (Å²) in [6.45, 7) is -0.622. The molecule has 264 valence electrons. The van der Waals surface area contributed by atoms with E-state index in [4.69, 9.17) is 28.7 Å². The van der Waals surface area contributed by atoms with Crippen LogP contribution in [0.4, 0.5) is 11.4 Å². The first kappa shape index (κ1) is 34.1. The molecule has 7 rings (SSSR count). The molecular weight excluding hydrogens is 689 g/mol. The minimum absolute atomic E-state index is 0.0444. The minimum atomic E-state index is -1.35. The van der Waals surface area contributed by atoms with Crippen molar-refractivity contribution < 1.29 is 42.9 Å². The Morgan fingerprint density at radius 1 is 0.904 bits per heavy atom. The summed E-state index contributed by atoms with van der Waals surface area (Å²) >= 11 is 1.31. The average molecular weight is 721 g/mol. The Morgan fingerprint density at radius 2 is 1.62 bits per heavy atom. The largest absolute Gasteiger partial charge is 0.493 e. The summed E-state index contributed by atoms with van der Waals surface area (Å²) in [6, 6.07) is 22.8. The van der Waals surface area contributed by atoms with Gasteiger partial charge in [0.2, 0.25) is 18.4 Å². The standard InChI is InChI=1S/C38H32N4O9S/c1-47-30-15-23(16-31(48-2)36(30)49-3)34(37(45)39-24-13-14-28-29(17-24)51-21-50-28)42(18-32-40-26(20-52-32)22-9-5-4-6-10-22)33(43)19-41-27-12-8-7-11-25(27)35(44)38(41)46/h4-17,20,34H,18-19,21H2,1-3H3,(H,39,45). The predicted octanol–water partition coefficient (Wildman–Crippen LogP) is 5.50. The summed E-state index contributed by atoms with van der Waals surface area (Å²) in [4.78, 5) is 62.7. The molecule has 1 atom stereocenters. The normalized spacial score (nSPS) is 13.4. The lowest BCUT2D eigenvalue weighted by atomic mass is 10.0. The van der Waals surface area contributed by atoms with Crippen molar-refractivity contribution in [2.24, 2.45) is 0 Å². The molecule has 1 N–H and O–H groups in total. The molecule has 3 heterocycles. The second-order valence-corrected chi connectivity index (χ2v) is 12.6. The zero-order valence-electron chi connectivity index (χ0n) is 28.3. The van der Waals surface area contributed by atoms with Crippen molar-refractivity contribution in [3.63, 3.8) is 0 Å². The van der Waals surface area contributed by atoms with Gasteiger partial charge in [-0.1, -0.05) is 42.5 Å². The Labute approximate surface area is 302 Å². The number of anilines is 2. The first-order valence-corrected chi connectivity index (χ1v) is 16.9. The summed E-state index contributed by atoms with van der Waals surface area (Å²) in [5, 5.41) is 5.30. The van der Waals surface area contributed by atoms with Crippen LogP contribution in [-0.4, -0.2) is 68.1 Å². The fourth-order valence-electron chi connectivity index (χ4n) is 6.14. The molecule has 14 heteroatoms. The number of carbonyl (C=O) groups is 4. The van der Waals surface area contributed by atoms with Gasteiger partial charge in [-0.05, 0) is 42.0 Å². The minimum Gasteiger partial charge on any atom is -0.493 e. The third-order valence-corrected chi connectivity index (χ3v) is 9.46. The van der Waals surface area contributed by atoms with Crippen LogP contribution in [0.15, 0.2) is 90.3 Å². The van der Waals surface area contributed by atoms with Gasteiger partial charge in [-0.3, -0.25) is 24.1 Å². The molecule has 0 bridgehead atoms. The number of hydrogen-bond acceptors (Lipinski definition) is 11. The number of para-hydroxylation sites is 1. The van der Waals surface area contributed by atoms with Gasteiger partial charge in [-0.2, -0.15) is 0 Å². The first-order chi connectivity index (χ1) is 25.3. The number of aromatic nitrogens is 1. The van der Waals surface area contributed by atoms with Crippen LogP contribution in [0.5, 0.6) is 28.7 Å². The van der Waals surface area contributed by atoms with Gasteiger partial charge in [0.15, 0.2) is 23.0 Å². The zero-order chi connectivity index (χ0) is 36.4. The number of amides is 3. The average Bonchev–Trinajstić information content (AvgIpc) is 3.90. The summed E-state index contributed by atoms with van der Waals surface area (Å²) in [7, 11) is 4.35. The maximum atomic E-state index is 14.7. The molecule has 0 spiro atoms. The van der Waals surface area contributed by atoms with Crippen LogP contribution in [0.1, 0.15) is 27.0 Å². The van der Waals surface area contributed by atoms with E-state index in [0.717, 1.165) is 10.5 Å². The lowest BCUT2D eigenvalue weighted by molar-refractivity contribution is -0.139. The van der Waals surface area contributed by atoms with Crippen molar-refractivity contribution in [2.45, 2.75) is 12.6 Å². The zero-order valence-corrected chi connectivity index (χ0v) is 29.1. The van der Waals surface area contributed by atoms with Gasteiger partial charge in [0.05, 0.1) is 44.8 Å². The molecule has 1 unspecified atom stereocenters. The van der Waals surface area contributed by atoms with Crippen molar-refractivity contribution in [2.75, 3.05) is 44.9 Å². The summed E-state index contributed by atoms with van der Waals surface area (Å²) < 4.78 is 27.8. The number of nitrogens with zero attached hydrogens (tertiary/aromatic N) is 3. The molecule has 0 fully saturated rings. The van der Waals surface area contributed by atoms with Gasteiger partial charge in [0.25, 0.3) is 17.6 Å². The molecule has 52 heavy (non-hydrogen) atoms. The quantitative estimate of drug-likeness (QED) is 0.164. The Morgan fingerprint density at radius 3 is 2.35 bits per heavy atom. The number of ketones is 1. The number of methoxy groups -OCH3 is 3. The number of rotatable bonds is 12. The van der Waals surface area contributed by atoms with E-state index in [1.54, 1.807) is 48.5 Å². The maximum absolute atomic E-state index is 14.7. The molecule has 0 aliphatic carbocycles. The second kappa shape index (κ2) is 14.4. The Bertz CT molecular complexity index is 2160. The van der Waals surface area contributed by atoms with E-state index < -0.39 is 36.1 Å². The van der Waals surface area contributed by atoms with Gasteiger partial charge < -0.3 is 33.9 Å². The number of Topliss-reactive ketones (excluding diaryl/α,β-unsaturated/α-hetero) is 1. The van der Waals surface area contributed by atoms with Crippen molar-refractivity contribution in [3.8, 4) is 40.0 Å². The van der Waals surface area contributed by atoms with E-state index >= 15 is 0 Å². The van der Waals surface area contributed by atoms with Gasteiger partial charge in [0.1, 0.15) is 17.6 Å². The van der Waals surface area contributed by atoms with E-state index in [1.165, 1.54) is 43.6 Å². The van der Waals surface area contributed by atoms with Crippen molar-refractivity contribution >= 4 is 46.2 Å². The Balaban J connectivity index is 1.33. The number of ether oxygens (including phenoxy) is 5. The van der Waals surface area contributed by atoms with Crippen molar-refractivity contribution in [1.82, 2.24) is 9.88 Å². The molecule has 13 nitrogen and oxygen atoms in total. The van der Waals surface area contributed by atoms with Crippen molar-refractivity contribution in [3.05, 3.63) is 106 Å². The third kappa shape index (κ3) is 6.47. The molecule has 2 aliphatic heterocycles. The molecular formula is C38H32N4O9S. The smallest absolute Gasteiger partial charge is 0.299 e. The van der Waals surface area contributed by atoms with E-state index in [-0.39, 0.29) is 36.1 Å². The Kier molecular flexibility index (Phi) is 9.46. The van der Waals surface area contributed by atoms with Crippen LogP contribution >= 0.6 is 11.3 Å². The van der Waals surface area contributed by atoms with E-state index in [9.17, 15) is 19.2 Å². The number of benzene rings is 4. The van der Waals surface area contributed by atoms with E-state index in [1.807, 2.05) is 35.7 Å². The Hall–Kier alpha value is -6.41. The summed E-state index contributed by atoms with van der Waals surface area (Å²) in [5.41, 5.74) is 2.76. The van der Waals surface area contributed by atoms with Gasteiger partial charge in [-0.25, -0.2) is 4.98 Å². The SMILES string of the molecule is COc1cc(C(C(=O)Nc2ccc3c(c2)OCO3)N(Cc2nc(-c3ccccc3)cs2)C(=O)CN2C(=O)C(=O)c3ccccc32)cc(OC)c1OC. The molecule has 0 saturated carbocycles. The lowest BCUT2D eigenvalue weighted by Gasteiger charge is -2.32. The third-order valence-electron chi connectivity index (χ3n) is 8.62. The monoisotopic (exact) mass is 720 g/mol. The van der Waals surface area contributed by atoms with E-state index in [2.05, 4.69) is 5.32 Å². The van der Waals surface area contributed by atoms with Crippen LogP contribution in [0, 0.1) is 0 Å². The highest BCUT2D eigenvalue weighted by Crippen LogP contribution is 2.42. The number of thiazole rings is 1. The van der Waals surface area contributed by atoms with Crippen LogP contribution in [0.25, 0.3) is 11.3 Å². The number of nitrogens with one attached hydrogen (secondary N) is 1. The van der Waals surface area contributed by atoms with E-state index in [0.29, 0.717) is 39.1 Å². The molecule has 5 aromatic rings. The van der Waals surface area contributed by atoms with Gasteiger partial charge in [0, 0.05) is 22.7 Å². The highest BCUT2D eigenvalue weighted by molar-refractivity contribution is 7.09. The first-order valence-electron chi connectivity index (χ1n) is 16.0. The molecule has 3 amide bonds. The van der Waals surface area contributed by atoms with Gasteiger partial charge >= 0.3 is 0 Å². The number of carbonyl (C=O) groups excluding carboxylic acids is 4. The maximum Gasteiger partial charge on any atom is 0.299 e. The summed E-state index contributed by atoms with van der Waals surface area (Å²) in [5.74, 6) is -1.04. The van der Waals surface area contributed by atoms with Crippen LogP contribution < -0.4 is 33.9 Å². The molecule has 4 aromatic carbocycles. The highest BCUT2D eigenvalue weighted by atomic mass is 32.1. The number of hydrogen-bond donors (Lipinski definition) is 1. The molecule has 2 aliphatic rings. The van der Waals surface area contributed by atoms with Gasteiger partial charge in [-0.15, -0.1) is 11.3 Å². The predicted molar refractivity (Wildman–Crippen MR) is 191 cm³/mol. The summed E-state index contributed by atoms with van der Waals surface area (Å²) in [6.07, 6.45) is 0. The highest BCUT2D eigenvalue weighted by Gasteiger charge is 2.40. The van der Waals surface area contributed by atoms with Crippen LogP contribution in [0.3, 0.4) is 0 Å². The molecule has 0 saturated heterocycles. The van der Waals surface area contributed by atoms with Crippen LogP contribution in [-0.2, 0) is 20.9 Å². The molecule has 1 aromatic heterocycles. The second-order valence-electron chi connectivity index (χ2n) is 11.7.